The molecule has 6 heteroatoms. The first-order chi connectivity index (χ1) is 14.0. The summed E-state index contributed by atoms with van der Waals surface area (Å²) in [4.78, 5) is 28.6. The van der Waals surface area contributed by atoms with Gasteiger partial charge in [0.1, 0.15) is 5.01 Å². The molecule has 1 amide bonds. The molecule has 0 saturated heterocycles. The number of hydrogen-bond acceptors (Lipinski definition) is 5. The number of fused-ring (bicyclic) bond motifs is 1. The van der Waals surface area contributed by atoms with E-state index in [1.807, 2.05) is 30.3 Å². The summed E-state index contributed by atoms with van der Waals surface area (Å²) >= 11 is 1.65. The Morgan fingerprint density at radius 3 is 2.31 bits per heavy atom. The summed E-state index contributed by atoms with van der Waals surface area (Å²) in [6, 6.07) is 20.2. The monoisotopic (exact) mass is 402 g/mol. The average molecular weight is 402 g/mol. The van der Waals surface area contributed by atoms with Gasteiger partial charge in [-0.15, -0.1) is 11.3 Å². The van der Waals surface area contributed by atoms with E-state index in [2.05, 4.69) is 34.1 Å². The van der Waals surface area contributed by atoms with Crippen molar-refractivity contribution >= 4 is 39.1 Å². The van der Waals surface area contributed by atoms with Crippen molar-refractivity contribution < 1.29 is 14.3 Å². The van der Waals surface area contributed by atoms with Crippen LogP contribution < -0.4 is 5.32 Å². The predicted molar refractivity (Wildman–Crippen MR) is 116 cm³/mol. The first-order valence-electron chi connectivity index (χ1n) is 9.01. The quantitative estimate of drug-likeness (QED) is 0.470. The number of benzene rings is 3. The lowest BCUT2D eigenvalue weighted by Crippen LogP contribution is -2.12. The third kappa shape index (κ3) is 4.02. The van der Waals surface area contributed by atoms with Crippen LogP contribution in [-0.4, -0.2) is 24.0 Å². The molecular formula is C23H18N2O3S. The van der Waals surface area contributed by atoms with Gasteiger partial charge in [0, 0.05) is 16.8 Å². The predicted octanol–water partition coefficient (Wildman–Crippen LogP) is 5.31. The first-order valence-corrected chi connectivity index (χ1v) is 9.82. The van der Waals surface area contributed by atoms with E-state index in [-0.39, 0.29) is 5.91 Å². The number of carbonyl (C=O) groups is 2. The lowest BCUT2D eigenvalue weighted by atomic mass is 10.1. The third-order valence-corrected chi connectivity index (χ3v) is 5.57. The van der Waals surface area contributed by atoms with Gasteiger partial charge in [-0.2, -0.15) is 0 Å². The highest BCUT2D eigenvalue weighted by molar-refractivity contribution is 7.21. The second-order valence-corrected chi connectivity index (χ2v) is 7.62. The van der Waals surface area contributed by atoms with Crippen molar-refractivity contribution in [2.75, 3.05) is 12.4 Å². The van der Waals surface area contributed by atoms with Crippen LogP contribution >= 0.6 is 11.3 Å². The summed E-state index contributed by atoms with van der Waals surface area (Å²) in [5, 5.41) is 3.81. The Morgan fingerprint density at radius 1 is 0.931 bits per heavy atom. The SMILES string of the molecule is COC(=O)c1ccc(C(=O)Nc2ccc(-c3nc4ccc(C)cc4s3)cc2)cc1. The van der Waals surface area contributed by atoms with Gasteiger partial charge in [0.05, 0.1) is 22.9 Å². The molecule has 0 fully saturated rings. The molecule has 4 aromatic rings. The Labute approximate surface area is 172 Å². The highest BCUT2D eigenvalue weighted by Crippen LogP contribution is 2.31. The van der Waals surface area contributed by atoms with Crippen LogP contribution in [0.2, 0.25) is 0 Å². The average Bonchev–Trinajstić information content (AvgIpc) is 3.17. The highest BCUT2D eigenvalue weighted by Gasteiger charge is 2.10. The number of aromatic nitrogens is 1. The zero-order valence-corrected chi connectivity index (χ0v) is 16.7. The van der Waals surface area contributed by atoms with Crippen LogP contribution in [0.15, 0.2) is 66.7 Å². The molecule has 0 aliphatic rings. The van der Waals surface area contributed by atoms with Gasteiger partial charge in [-0.25, -0.2) is 9.78 Å². The second kappa shape index (κ2) is 7.85. The second-order valence-electron chi connectivity index (χ2n) is 6.59. The Kier molecular flexibility index (Phi) is 5.10. The van der Waals surface area contributed by atoms with Crippen molar-refractivity contribution in [1.29, 1.82) is 0 Å². The highest BCUT2D eigenvalue weighted by atomic mass is 32.1. The zero-order chi connectivity index (χ0) is 20.4. The van der Waals surface area contributed by atoms with Crippen molar-refractivity contribution in [2.24, 2.45) is 0 Å². The summed E-state index contributed by atoms with van der Waals surface area (Å²) in [5.74, 6) is -0.679. The summed E-state index contributed by atoms with van der Waals surface area (Å²) in [6.45, 7) is 2.07. The normalized spacial score (nSPS) is 10.7. The molecule has 0 saturated carbocycles. The van der Waals surface area contributed by atoms with E-state index in [9.17, 15) is 9.59 Å². The fourth-order valence-corrected chi connectivity index (χ4v) is 4.00. The molecule has 0 aliphatic heterocycles. The van der Waals surface area contributed by atoms with Crippen LogP contribution in [0.5, 0.6) is 0 Å². The maximum absolute atomic E-state index is 12.4. The molecule has 5 nitrogen and oxygen atoms in total. The van der Waals surface area contributed by atoms with Gasteiger partial charge in [-0.05, 0) is 73.2 Å². The number of hydrogen-bond donors (Lipinski definition) is 1. The number of methoxy groups -OCH3 is 1. The zero-order valence-electron chi connectivity index (χ0n) is 15.9. The number of ether oxygens (including phenoxy) is 1. The molecule has 4 rings (SSSR count). The summed E-state index contributed by atoms with van der Waals surface area (Å²) < 4.78 is 5.82. The van der Waals surface area contributed by atoms with Crippen LogP contribution in [0, 0.1) is 6.92 Å². The number of nitrogens with one attached hydrogen (secondary N) is 1. The fraction of sp³-hybridized carbons (Fsp3) is 0.0870. The van der Waals surface area contributed by atoms with Crippen LogP contribution in [0.25, 0.3) is 20.8 Å². The minimum absolute atomic E-state index is 0.246. The van der Waals surface area contributed by atoms with E-state index in [1.54, 1.807) is 35.6 Å². The van der Waals surface area contributed by atoms with Gasteiger partial charge in [-0.3, -0.25) is 4.79 Å². The number of aryl methyl sites for hydroxylation is 1. The molecule has 144 valence electrons. The Morgan fingerprint density at radius 2 is 1.62 bits per heavy atom. The van der Waals surface area contributed by atoms with Gasteiger partial charge in [0.25, 0.3) is 5.91 Å². The molecule has 29 heavy (non-hydrogen) atoms. The number of nitrogens with zero attached hydrogens (tertiary/aromatic N) is 1. The van der Waals surface area contributed by atoms with Gasteiger partial charge in [0.15, 0.2) is 0 Å². The number of thiazole rings is 1. The number of rotatable bonds is 4. The van der Waals surface area contributed by atoms with E-state index >= 15 is 0 Å². The number of esters is 1. The third-order valence-electron chi connectivity index (χ3n) is 4.50. The van der Waals surface area contributed by atoms with E-state index < -0.39 is 5.97 Å². The van der Waals surface area contributed by atoms with Gasteiger partial charge in [0.2, 0.25) is 0 Å². The largest absolute Gasteiger partial charge is 0.465 e. The van der Waals surface area contributed by atoms with Crippen molar-refractivity contribution in [1.82, 2.24) is 4.98 Å². The fourth-order valence-electron chi connectivity index (χ4n) is 2.93. The molecule has 3 aromatic carbocycles. The molecule has 1 N–H and O–H groups in total. The Hall–Kier alpha value is -3.51. The van der Waals surface area contributed by atoms with Crippen LogP contribution in [0.1, 0.15) is 26.3 Å². The molecule has 0 spiro atoms. The van der Waals surface area contributed by atoms with E-state index in [0.29, 0.717) is 16.8 Å². The summed E-state index contributed by atoms with van der Waals surface area (Å²) in [5.41, 5.74) is 4.76. The van der Waals surface area contributed by atoms with Crippen LogP contribution in [-0.2, 0) is 4.74 Å². The molecule has 1 heterocycles. The smallest absolute Gasteiger partial charge is 0.337 e. The van der Waals surface area contributed by atoms with Crippen LogP contribution in [0.3, 0.4) is 0 Å². The van der Waals surface area contributed by atoms with Crippen molar-refractivity contribution in [3.63, 3.8) is 0 Å². The summed E-state index contributed by atoms with van der Waals surface area (Å²) in [7, 11) is 1.32. The standard InChI is InChI=1S/C23H18N2O3S/c1-14-3-12-19-20(13-14)29-22(25-19)16-8-10-18(11-9-16)24-21(26)15-4-6-17(7-5-15)23(27)28-2/h3-13H,1-2H3,(H,24,26). The lowest BCUT2D eigenvalue weighted by Gasteiger charge is -2.06. The first kappa shape index (κ1) is 18.8. The molecule has 0 aliphatic carbocycles. The van der Waals surface area contributed by atoms with E-state index in [1.165, 1.54) is 12.7 Å². The maximum atomic E-state index is 12.4. The minimum atomic E-state index is -0.433. The van der Waals surface area contributed by atoms with Crippen molar-refractivity contribution in [2.45, 2.75) is 6.92 Å². The molecule has 0 atom stereocenters. The minimum Gasteiger partial charge on any atom is -0.465 e. The molecular weight excluding hydrogens is 384 g/mol. The van der Waals surface area contributed by atoms with Gasteiger partial charge < -0.3 is 10.1 Å². The molecule has 0 bridgehead atoms. The number of carbonyl (C=O) groups excluding carboxylic acids is 2. The van der Waals surface area contributed by atoms with Gasteiger partial charge >= 0.3 is 5.97 Å². The number of amides is 1. The number of anilines is 1. The topological polar surface area (TPSA) is 68.3 Å². The Bertz CT molecular complexity index is 1200. The molecule has 0 unspecified atom stereocenters. The van der Waals surface area contributed by atoms with Gasteiger partial charge in [-0.1, -0.05) is 6.07 Å². The van der Waals surface area contributed by atoms with Crippen molar-refractivity contribution in [3.8, 4) is 10.6 Å². The molecule has 1 aromatic heterocycles. The summed E-state index contributed by atoms with van der Waals surface area (Å²) in [6.07, 6.45) is 0. The molecule has 0 radical (unpaired) electrons. The van der Waals surface area contributed by atoms with E-state index in [4.69, 9.17) is 0 Å². The lowest BCUT2D eigenvalue weighted by molar-refractivity contribution is 0.0600. The van der Waals surface area contributed by atoms with Crippen molar-refractivity contribution in [3.05, 3.63) is 83.4 Å². The Balaban J connectivity index is 1.48. The van der Waals surface area contributed by atoms with Crippen LogP contribution in [0.4, 0.5) is 5.69 Å². The maximum Gasteiger partial charge on any atom is 0.337 e. The van der Waals surface area contributed by atoms with E-state index in [0.717, 1.165) is 20.8 Å².